The van der Waals surface area contributed by atoms with E-state index in [-0.39, 0.29) is 18.1 Å². The van der Waals surface area contributed by atoms with Crippen LogP contribution in [0.5, 0.6) is 11.5 Å². The van der Waals surface area contributed by atoms with E-state index in [0.29, 0.717) is 19.8 Å². The number of hydrogen-bond donors (Lipinski definition) is 0. The van der Waals surface area contributed by atoms with E-state index in [1.165, 1.54) is 0 Å². The molecule has 6 nitrogen and oxygen atoms in total. The summed E-state index contributed by atoms with van der Waals surface area (Å²) in [6.45, 7) is 3.93. The zero-order valence-electron chi connectivity index (χ0n) is 14.3. The average molecular weight is 335 g/mol. The summed E-state index contributed by atoms with van der Waals surface area (Å²) in [6, 6.07) is 7.56. The SMILES string of the molecule is C[C@H](OC[C@@H]1CCCO1)C(=O)N(C)C[C@@H]1COc2ccccc2O1. The molecule has 0 spiro atoms. The molecule has 1 amide bonds. The summed E-state index contributed by atoms with van der Waals surface area (Å²) in [6.07, 6.45) is 1.52. The lowest BCUT2D eigenvalue weighted by molar-refractivity contribution is -0.144. The average Bonchev–Trinajstić information content (AvgIpc) is 3.12. The van der Waals surface area contributed by atoms with Gasteiger partial charge in [0.1, 0.15) is 12.7 Å². The van der Waals surface area contributed by atoms with Crippen LogP contribution in [0.15, 0.2) is 24.3 Å². The summed E-state index contributed by atoms with van der Waals surface area (Å²) >= 11 is 0. The Bertz CT molecular complexity index is 558. The van der Waals surface area contributed by atoms with Gasteiger partial charge in [0.2, 0.25) is 0 Å². The second kappa shape index (κ2) is 7.85. The number of rotatable bonds is 6. The van der Waals surface area contributed by atoms with Gasteiger partial charge < -0.3 is 23.8 Å². The van der Waals surface area contributed by atoms with Gasteiger partial charge in [-0.2, -0.15) is 0 Å². The molecule has 132 valence electrons. The van der Waals surface area contributed by atoms with Gasteiger partial charge in [0.05, 0.1) is 19.3 Å². The van der Waals surface area contributed by atoms with Crippen LogP contribution in [0, 0.1) is 0 Å². The van der Waals surface area contributed by atoms with E-state index in [1.807, 2.05) is 24.3 Å². The summed E-state index contributed by atoms with van der Waals surface area (Å²) in [5.41, 5.74) is 0. The molecule has 0 N–H and O–H groups in total. The zero-order valence-corrected chi connectivity index (χ0v) is 14.3. The van der Waals surface area contributed by atoms with E-state index < -0.39 is 6.10 Å². The van der Waals surface area contributed by atoms with E-state index in [9.17, 15) is 4.79 Å². The van der Waals surface area contributed by atoms with Gasteiger partial charge in [0.15, 0.2) is 17.6 Å². The van der Waals surface area contributed by atoms with Crippen LogP contribution in [0.25, 0.3) is 0 Å². The Kier molecular flexibility index (Phi) is 5.58. The summed E-state index contributed by atoms with van der Waals surface area (Å²) in [4.78, 5) is 14.1. The van der Waals surface area contributed by atoms with Crippen molar-refractivity contribution in [3.63, 3.8) is 0 Å². The first-order valence-electron chi connectivity index (χ1n) is 8.50. The molecule has 0 radical (unpaired) electrons. The molecule has 2 heterocycles. The molecule has 0 bridgehead atoms. The van der Waals surface area contributed by atoms with Crippen molar-refractivity contribution >= 4 is 5.91 Å². The van der Waals surface area contributed by atoms with Crippen LogP contribution >= 0.6 is 0 Å². The first-order valence-corrected chi connectivity index (χ1v) is 8.50. The molecule has 1 fully saturated rings. The lowest BCUT2D eigenvalue weighted by atomic mass is 10.2. The van der Waals surface area contributed by atoms with Crippen molar-refractivity contribution in [3.8, 4) is 11.5 Å². The molecule has 0 aromatic heterocycles. The third-order valence-corrected chi connectivity index (χ3v) is 4.33. The molecule has 1 aromatic rings. The number of likely N-dealkylation sites (N-methyl/N-ethyl adjacent to an activating group) is 1. The van der Waals surface area contributed by atoms with Gasteiger partial charge in [-0.05, 0) is 31.9 Å². The number of nitrogens with zero attached hydrogens (tertiary/aromatic N) is 1. The molecule has 2 aliphatic heterocycles. The van der Waals surface area contributed by atoms with Crippen molar-refractivity contribution in [2.45, 2.75) is 38.1 Å². The van der Waals surface area contributed by atoms with Crippen LogP contribution in [0.4, 0.5) is 0 Å². The van der Waals surface area contributed by atoms with Crippen LogP contribution in [-0.2, 0) is 14.3 Å². The third-order valence-electron chi connectivity index (χ3n) is 4.33. The lowest BCUT2D eigenvalue weighted by Gasteiger charge is -2.30. The fraction of sp³-hybridized carbons (Fsp3) is 0.611. The molecule has 2 aliphatic rings. The monoisotopic (exact) mass is 335 g/mol. The fourth-order valence-corrected chi connectivity index (χ4v) is 2.96. The molecule has 3 atom stereocenters. The molecular formula is C18H25NO5. The Morgan fingerprint density at radius 1 is 1.33 bits per heavy atom. The predicted molar refractivity (Wildman–Crippen MR) is 88.4 cm³/mol. The largest absolute Gasteiger partial charge is 0.486 e. The van der Waals surface area contributed by atoms with Crippen molar-refractivity contribution < 1.29 is 23.7 Å². The minimum absolute atomic E-state index is 0.0598. The fourth-order valence-electron chi connectivity index (χ4n) is 2.96. The molecule has 0 aliphatic carbocycles. The number of fused-ring (bicyclic) bond motifs is 1. The molecule has 0 saturated carbocycles. The summed E-state index contributed by atoms with van der Waals surface area (Å²) in [7, 11) is 1.76. The zero-order chi connectivity index (χ0) is 16.9. The van der Waals surface area contributed by atoms with Crippen LogP contribution in [0.2, 0.25) is 0 Å². The minimum atomic E-state index is -0.490. The van der Waals surface area contributed by atoms with E-state index >= 15 is 0 Å². The quantitative estimate of drug-likeness (QED) is 0.794. The summed E-state index contributed by atoms with van der Waals surface area (Å²) in [5, 5.41) is 0. The lowest BCUT2D eigenvalue weighted by Crippen LogP contribution is -2.45. The number of para-hydroxylation sites is 2. The van der Waals surface area contributed by atoms with E-state index in [0.717, 1.165) is 30.9 Å². The Morgan fingerprint density at radius 2 is 2.12 bits per heavy atom. The minimum Gasteiger partial charge on any atom is -0.486 e. The summed E-state index contributed by atoms with van der Waals surface area (Å²) in [5.74, 6) is 1.41. The Hall–Kier alpha value is -1.79. The Balaban J connectivity index is 1.45. The van der Waals surface area contributed by atoms with E-state index in [1.54, 1.807) is 18.9 Å². The van der Waals surface area contributed by atoms with Crippen LogP contribution in [0.3, 0.4) is 0 Å². The first-order chi connectivity index (χ1) is 11.6. The highest BCUT2D eigenvalue weighted by Gasteiger charge is 2.27. The van der Waals surface area contributed by atoms with E-state index in [4.69, 9.17) is 18.9 Å². The Morgan fingerprint density at radius 3 is 2.88 bits per heavy atom. The maximum Gasteiger partial charge on any atom is 0.251 e. The van der Waals surface area contributed by atoms with E-state index in [2.05, 4.69) is 0 Å². The number of carbonyl (C=O) groups is 1. The third kappa shape index (κ3) is 4.19. The molecule has 1 saturated heterocycles. The highest BCUT2D eigenvalue weighted by molar-refractivity contribution is 5.80. The van der Waals surface area contributed by atoms with Crippen molar-refractivity contribution in [1.29, 1.82) is 0 Å². The predicted octanol–water partition coefficient (Wildman–Crippen LogP) is 1.87. The maximum absolute atomic E-state index is 12.4. The normalized spacial score (nSPS) is 23.8. The number of benzene rings is 1. The van der Waals surface area contributed by atoms with Crippen molar-refractivity contribution in [3.05, 3.63) is 24.3 Å². The summed E-state index contributed by atoms with van der Waals surface area (Å²) < 4.78 is 22.8. The molecular weight excluding hydrogens is 310 g/mol. The van der Waals surface area contributed by atoms with Crippen molar-refractivity contribution in [2.75, 3.05) is 33.4 Å². The Labute approximate surface area is 142 Å². The maximum atomic E-state index is 12.4. The second-order valence-corrected chi connectivity index (χ2v) is 6.33. The van der Waals surface area contributed by atoms with Crippen molar-refractivity contribution in [2.24, 2.45) is 0 Å². The number of amides is 1. The second-order valence-electron chi connectivity index (χ2n) is 6.33. The van der Waals surface area contributed by atoms with Gasteiger partial charge in [0.25, 0.3) is 5.91 Å². The first kappa shape index (κ1) is 17.0. The van der Waals surface area contributed by atoms with Gasteiger partial charge in [-0.25, -0.2) is 0 Å². The van der Waals surface area contributed by atoms with Gasteiger partial charge in [-0.1, -0.05) is 12.1 Å². The number of ether oxygens (including phenoxy) is 4. The van der Waals surface area contributed by atoms with Gasteiger partial charge in [-0.15, -0.1) is 0 Å². The van der Waals surface area contributed by atoms with Gasteiger partial charge in [0, 0.05) is 13.7 Å². The molecule has 24 heavy (non-hydrogen) atoms. The van der Waals surface area contributed by atoms with Crippen LogP contribution in [-0.4, -0.2) is 62.5 Å². The highest BCUT2D eigenvalue weighted by Crippen LogP contribution is 2.31. The molecule has 0 unspecified atom stereocenters. The highest BCUT2D eigenvalue weighted by atomic mass is 16.6. The standard InChI is InChI=1S/C18H25NO5/c1-13(22-11-14-6-5-9-21-14)18(20)19(2)10-15-12-23-16-7-3-4-8-17(16)24-15/h3-4,7-8,13-15H,5-6,9-12H2,1-2H3/t13-,14-,15+/m0/s1. The molecule has 6 heteroatoms. The number of hydrogen-bond acceptors (Lipinski definition) is 5. The van der Waals surface area contributed by atoms with Crippen LogP contribution in [0.1, 0.15) is 19.8 Å². The topological polar surface area (TPSA) is 57.2 Å². The smallest absolute Gasteiger partial charge is 0.251 e. The molecule has 1 aromatic carbocycles. The van der Waals surface area contributed by atoms with Gasteiger partial charge >= 0.3 is 0 Å². The van der Waals surface area contributed by atoms with Crippen molar-refractivity contribution in [1.82, 2.24) is 4.90 Å². The van der Waals surface area contributed by atoms with Crippen LogP contribution < -0.4 is 9.47 Å². The molecule has 3 rings (SSSR count). The van der Waals surface area contributed by atoms with Gasteiger partial charge in [-0.3, -0.25) is 4.79 Å². The number of carbonyl (C=O) groups excluding carboxylic acids is 1.